The van der Waals surface area contributed by atoms with Crippen LogP contribution >= 0.6 is 15.9 Å². The molecule has 1 aliphatic rings. The Hall–Kier alpha value is -0.990. The minimum absolute atomic E-state index is 0.0725. The van der Waals surface area contributed by atoms with Gasteiger partial charge in [0.15, 0.2) is 0 Å². The van der Waals surface area contributed by atoms with Crippen molar-refractivity contribution in [1.82, 2.24) is 9.21 Å². The third kappa shape index (κ3) is 3.02. The summed E-state index contributed by atoms with van der Waals surface area (Å²) < 4.78 is 39.7. The van der Waals surface area contributed by atoms with Crippen molar-refractivity contribution in [2.75, 3.05) is 26.2 Å². The van der Waals surface area contributed by atoms with Gasteiger partial charge in [-0.1, -0.05) is 0 Å². The highest BCUT2D eigenvalue weighted by Crippen LogP contribution is 2.22. The number of halogens is 2. The number of nitrogens with zero attached hydrogens (tertiary/aromatic N) is 2. The topological polar surface area (TPSA) is 57.7 Å². The number of amides is 1. The van der Waals surface area contributed by atoms with E-state index in [0.29, 0.717) is 13.1 Å². The van der Waals surface area contributed by atoms with E-state index in [4.69, 9.17) is 0 Å². The zero-order valence-corrected chi connectivity index (χ0v) is 13.2. The first kappa shape index (κ1) is 15.4. The first-order valence-electron chi connectivity index (χ1n) is 6.03. The van der Waals surface area contributed by atoms with Crippen molar-refractivity contribution in [2.45, 2.75) is 11.8 Å². The van der Waals surface area contributed by atoms with Crippen LogP contribution in [0.15, 0.2) is 27.6 Å². The number of carbonyl (C=O) groups is 1. The van der Waals surface area contributed by atoms with Gasteiger partial charge in [-0.3, -0.25) is 4.79 Å². The zero-order chi connectivity index (χ0) is 14.9. The van der Waals surface area contributed by atoms with Gasteiger partial charge in [0.1, 0.15) is 5.82 Å². The average Bonchev–Trinajstić information content (AvgIpc) is 2.41. The van der Waals surface area contributed by atoms with Gasteiger partial charge in [-0.25, -0.2) is 12.8 Å². The highest BCUT2D eigenvalue weighted by molar-refractivity contribution is 9.10. The van der Waals surface area contributed by atoms with Crippen LogP contribution in [0.5, 0.6) is 0 Å². The molecule has 0 saturated carbocycles. The Kier molecular flexibility index (Phi) is 4.46. The van der Waals surface area contributed by atoms with Crippen LogP contribution in [0.4, 0.5) is 4.39 Å². The van der Waals surface area contributed by atoms with Crippen molar-refractivity contribution < 1.29 is 17.6 Å². The second-order valence-corrected chi connectivity index (χ2v) is 7.28. The maximum Gasteiger partial charge on any atom is 0.243 e. The molecular formula is C12H14BrFN2O3S. The predicted octanol–water partition coefficient (Wildman–Crippen LogP) is 1.44. The van der Waals surface area contributed by atoms with Gasteiger partial charge in [0.25, 0.3) is 0 Å². The summed E-state index contributed by atoms with van der Waals surface area (Å²) in [4.78, 5) is 12.7. The predicted molar refractivity (Wildman–Crippen MR) is 75.1 cm³/mol. The molecular weight excluding hydrogens is 351 g/mol. The summed E-state index contributed by atoms with van der Waals surface area (Å²) in [6, 6.07) is 3.73. The minimum Gasteiger partial charge on any atom is -0.340 e. The Morgan fingerprint density at radius 1 is 1.25 bits per heavy atom. The number of carbonyl (C=O) groups excluding carboxylic acids is 1. The van der Waals surface area contributed by atoms with Crippen LogP contribution < -0.4 is 0 Å². The van der Waals surface area contributed by atoms with Crippen LogP contribution in [0, 0.1) is 5.82 Å². The van der Waals surface area contributed by atoms with Crippen molar-refractivity contribution in [2.24, 2.45) is 0 Å². The Morgan fingerprint density at radius 2 is 1.85 bits per heavy atom. The molecule has 1 amide bonds. The molecule has 0 aromatic heterocycles. The number of piperazine rings is 1. The third-order valence-electron chi connectivity index (χ3n) is 3.21. The molecule has 0 N–H and O–H groups in total. The van der Waals surface area contributed by atoms with E-state index in [1.54, 1.807) is 4.90 Å². The lowest BCUT2D eigenvalue weighted by atomic mass is 10.3. The van der Waals surface area contributed by atoms with E-state index >= 15 is 0 Å². The standard InChI is InChI=1S/C12H14BrFN2O3S/c1-9(17)15-4-6-16(7-5-15)20(18,19)10-2-3-11(13)12(14)8-10/h2-3,8H,4-7H2,1H3. The monoisotopic (exact) mass is 364 g/mol. The Morgan fingerprint density at radius 3 is 2.35 bits per heavy atom. The lowest BCUT2D eigenvalue weighted by molar-refractivity contribution is -0.129. The van der Waals surface area contributed by atoms with Crippen molar-refractivity contribution in [3.05, 3.63) is 28.5 Å². The summed E-state index contributed by atoms with van der Waals surface area (Å²) in [7, 11) is -3.72. The summed E-state index contributed by atoms with van der Waals surface area (Å²) in [6.07, 6.45) is 0. The average molecular weight is 365 g/mol. The maximum atomic E-state index is 13.5. The zero-order valence-electron chi connectivity index (χ0n) is 10.8. The van der Waals surface area contributed by atoms with Gasteiger partial charge in [0.05, 0.1) is 9.37 Å². The fraction of sp³-hybridized carbons (Fsp3) is 0.417. The molecule has 20 heavy (non-hydrogen) atoms. The van der Waals surface area contributed by atoms with Crippen LogP contribution in [0.3, 0.4) is 0 Å². The number of sulfonamides is 1. The van der Waals surface area contributed by atoms with Crippen molar-refractivity contribution in [3.63, 3.8) is 0 Å². The van der Waals surface area contributed by atoms with Crippen LogP contribution in [0.1, 0.15) is 6.92 Å². The number of benzene rings is 1. The van der Waals surface area contributed by atoms with E-state index in [1.807, 2.05) is 0 Å². The summed E-state index contributed by atoms with van der Waals surface area (Å²) >= 11 is 2.99. The van der Waals surface area contributed by atoms with Crippen molar-refractivity contribution in [3.8, 4) is 0 Å². The highest BCUT2D eigenvalue weighted by atomic mass is 79.9. The SMILES string of the molecule is CC(=O)N1CCN(S(=O)(=O)c2ccc(Br)c(F)c2)CC1. The second-order valence-electron chi connectivity index (χ2n) is 4.49. The van der Waals surface area contributed by atoms with E-state index in [1.165, 1.54) is 23.4 Å². The maximum absolute atomic E-state index is 13.5. The van der Waals surface area contributed by atoms with Gasteiger partial charge in [-0.05, 0) is 34.1 Å². The summed E-state index contributed by atoms with van der Waals surface area (Å²) in [5, 5.41) is 0. The molecule has 0 spiro atoms. The third-order valence-corrected chi connectivity index (χ3v) is 5.75. The fourth-order valence-corrected chi connectivity index (χ4v) is 3.71. The second kappa shape index (κ2) is 5.79. The Labute approximate surface area is 125 Å². The summed E-state index contributed by atoms with van der Waals surface area (Å²) in [6.45, 7) is 2.61. The molecule has 5 nitrogen and oxygen atoms in total. The molecule has 0 atom stereocenters. The normalized spacial score (nSPS) is 17.2. The Balaban J connectivity index is 2.19. The van der Waals surface area contributed by atoms with E-state index in [9.17, 15) is 17.6 Å². The lowest BCUT2D eigenvalue weighted by Gasteiger charge is -2.33. The number of hydrogen-bond acceptors (Lipinski definition) is 3. The first-order valence-corrected chi connectivity index (χ1v) is 8.26. The lowest BCUT2D eigenvalue weighted by Crippen LogP contribution is -2.49. The van der Waals surface area contributed by atoms with E-state index in [0.717, 1.165) is 6.07 Å². The smallest absolute Gasteiger partial charge is 0.243 e. The van der Waals surface area contributed by atoms with Gasteiger partial charge in [-0.2, -0.15) is 4.31 Å². The minimum atomic E-state index is -3.72. The molecule has 2 rings (SSSR count). The summed E-state index contributed by atoms with van der Waals surface area (Å²) in [5.74, 6) is -0.690. The number of rotatable bonds is 2. The van der Waals surface area contributed by atoms with Gasteiger partial charge < -0.3 is 4.90 Å². The largest absolute Gasteiger partial charge is 0.340 e. The van der Waals surface area contributed by atoms with E-state index in [-0.39, 0.29) is 28.4 Å². The molecule has 8 heteroatoms. The Bertz CT molecular complexity index is 628. The summed E-state index contributed by atoms with van der Waals surface area (Å²) in [5.41, 5.74) is 0. The molecule has 110 valence electrons. The van der Waals surface area contributed by atoms with Gasteiger partial charge in [0.2, 0.25) is 15.9 Å². The van der Waals surface area contributed by atoms with Crippen LogP contribution in [0.2, 0.25) is 0 Å². The molecule has 1 aromatic rings. The van der Waals surface area contributed by atoms with Crippen LogP contribution in [0.25, 0.3) is 0 Å². The molecule has 1 fully saturated rings. The number of hydrogen-bond donors (Lipinski definition) is 0. The molecule has 0 unspecified atom stereocenters. The van der Waals surface area contributed by atoms with Crippen molar-refractivity contribution >= 4 is 31.9 Å². The van der Waals surface area contributed by atoms with E-state index in [2.05, 4.69) is 15.9 Å². The quantitative estimate of drug-likeness (QED) is 0.797. The molecule has 1 heterocycles. The van der Waals surface area contributed by atoms with Gasteiger partial charge in [0, 0.05) is 33.1 Å². The molecule has 0 aliphatic carbocycles. The van der Waals surface area contributed by atoms with Crippen molar-refractivity contribution in [1.29, 1.82) is 0 Å². The molecule has 1 saturated heterocycles. The van der Waals surface area contributed by atoms with Crippen LogP contribution in [-0.4, -0.2) is 49.7 Å². The van der Waals surface area contributed by atoms with E-state index < -0.39 is 15.8 Å². The molecule has 1 aromatic carbocycles. The molecule has 0 bridgehead atoms. The molecule has 0 radical (unpaired) electrons. The van der Waals surface area contributed by atoms with Gasteiger partial charge in [-0.15, -0.1) is 0 Å². The molecule has 1 aliphatic heterocycles. The van der Waals surface area contributed by atoms with Crippen LogP contribution in [-0.2, 0) is 14.8 Å². The highest BCUT2D eigenvalue weighted by Gasteiger charge is 2.29. The first-order chi connectivity index (χ1) is 9.32. The van der Waals surface area contributed by atoms with Gasteiger partial charge >= 0.3 is 0 Å². The fourth-order valence-electron chi connectivity index (χ4n) is 2.03.